The molecule has 3 heterocycles. The lowest BCUT2D eigenvalue weighted by atomic mass is 10.2. The predicted molar refractivity (Wildman–Crippen MR) is 71.7 cm³/mol. The van der Waals surface area contributed by atoms with Gasteiger partial charge in [-0.05, 0) is 12.1 Å². The fourth-order valence-corrected chi connectivity index (χ4v) is 3.74. The van der Waals surface area contributed by atoms with E-state index in [0.29, 0.717) is 5.76 Å². The van der Waals surface area contributed by atoms with Crippen molar-refractivity contribution in [2.75, 3.05) is 13.1 Å². The lowest BCUT2D eigenvalue weighted by Crippen LogP contribution is -2.57. The molecule has 1 aliphatic rings. The fourth-order valence-electron chi connectivity index (χ4n) is 2.13. The SMILES string of the molecule is O=C(Cn1cncn1)N1CC(S(=O)(=O)Cc2ccco2)C1. The Balaban J connectivity index is 1.54. The second-order valence-electron chi connectivity index (χ2n) is 4.90. The molecule has 1 fully saturated rings. The van der Waals surface area contributed by atoms with Gasteiger partial charge < -0.3 is 9.32 Å². The molecule has 0 aromatic carbocycles. The van der Waals surface area contributed by atoms with Gasteiger partial charge in [0, 0.05) is 13.1 Å². The van der Waals surface area contributed by atoms with Crippen LogP contribution in [-0.2, 0) is 26.9 Å². The lowest BCUT2D eigenvalue weighted by Gasteiger charge is -2.38. The van der Waals surface area contributed by atoms with Crippen LogP contribution >= 0.6 is 0 Å². The molecule has 1 saturated heterocycles. The van der Waals surface area contributed by atoms with Crippen molar-refractivity contribution in [3.8, 4) is 0 Å². The molecule has 8 nitrogen and oxygen atoms in total. The molecule has 21 heavy (non-hydrogen) atoms. The van der Waals surface area contributed by atoms with Crippen LogP contribution in [0.1, 0.15) is 5.76 Å². The highest BCUT2D eigenvalue weighted by molar-refractivity contribution is 7.91. The summed E-state index contributed by atoms with van der Waals surface area (Å²) in [4.78, 5) is 17.2. The van der Waals surface area contributed by atoms with Crippen LogP contribution in [0.15, 0.2) is 35.5 Å². The third-order valence-electron chi connectivity index (χ3n) is 3.40. The van der Waals surface area contributed by atoms with Crippen LogP contribution in [0.25, 0.3) is 0 Å². The number of sulfone groups is 1. The molecule has 2 aromatic heterocycles. The summed E-state index contributed by atoms with van der Waals surface area (Å²) in [7, 11) is -3.30. The predicted octanol–water partition coefficient (Wildman–Crippen LogP) is -0.303. The van der Waals surface area contributed by atoms with E-state index in [2.05, 4.69) is 10.1 Å². The van der Waals surface area contributed by atoms with Gasteiger partial charge in [0.15, 0.2) is 9.84 Å². The number of furan rings is 1. The zero-order chi connectivity index (χ0) is 14.9. The summed E-state index contributed by atoms with van der Waals surface area (Å²) in [6.45, 7) is 0.512. The molecule has 1 amide bonds. The van der Waals surface area contributed by atoms with E-state index in [1.54, 1.807) is 12.1 Å². The Morgan fingerprint density at radius 2 is 2.24 bits per heavy atom. The second-order valence-corrected chi connectivity index (χ2v) is 7.18. The Bertz CT molecular complexity index is 703. The first-order chi connectivity index (χ1) is 10.0. The Morgan fingerprint density at radius 1 is 1.43 bits per heavy atom. The van der Waals surface area contributed by atoms with E-state index < -0.39 is 15.1 Å². The van der Waals surface area contributed by atoms with Gasteiger partial charge in [0.25, 0.3) is 0 Å². The van der Waals surface area contributed by atoms with Gasteiger partial charge in [0.2, 0.25) is 5.91 Å². The molecule has 0 unspecified atom stereocenters. The number of carbonyl (C=O) groups is 1. The van der Waals surface area contributed by atoms with Crippen molar-refractivity contribution < 1.29 is 17.6 Å². The number of likely N-dealkylation sites (tertiary alicyclic amines) is 1. The smallest absolute Gasteiger partial charge is 0.244 e. The maximum Gasteiger partial charge on any atom is 0.244 e. The molecule has 0 spiro atoms. The third-order valence-corrected chi connectivity index (χ3v) is 5.40. The van der Waals surface area contributed by atoms with Crippen LogP contribution in [-0.4, -0.2) is 52.3 Å². The molecular weight excluding hydrogens is 296 g/mol. The van der Waals surface area contributed by atoms with Crippen LogP contribution in [0.2, 0.25) is 0 Å². The highest BCUT2D eigenvalue weighted by Crippen LogP contribution is 2.21. The monoisotopic (exact) mass is 310 g/mol. The maximum absolute atomic E-state index is 12.1. The van der Waals surface area contributed by atoms with Gasteiger partial charge in [-0.2, -0.15) is 5.10 Å². The van der Waals surface area contributed by atoms with E-state index in [0.717, 1.165) is 0 Å². The van der Waals surface area contributed by atoms with E-state index in [1.165, 1.54) is 28.5 Å². The Hall–Kier alpha value is -2.16. The van der Waals surface area contributed by atoms with Gasteiger partial charge in [0.1, 0.15) is 30.7 Å². The van der Waals surface area contributed by atoms with Crippen LogP contribution in [0.5, 0.6) is 0 Å². The summed E-state index contributed by atoms with van der Waals surface area (Å²) in [6, 6.07) is 3.28. The van der Waals surface area contributed by atoms with Crippen LogP contribution in [0, 0.1) is 0 Å². The van der Waals surface area contributed by atoms with E-state index in [1.807, 2.05) is 0 Å². The molecule has 112 valence electrons. The minimum Gasteiger partial charge on any atom is -0.468 e. The molecule has 0 bridgehead atoms. The normalized spacial score (nSPS) is 15.9. The zero-order valence-corrected chi connectivity index (χ0v) is 11.9. The van der Waals surface area contributed by atoms with Crippen LogP contribution in [0.4, 0.5) is 0 Å². The number of hydrogen-bond donors (Lipinski definition) is 0. The number of hydrogen-bond acceptors (Lipinski definition) is 6. The number of carbonyl (C=O) groups excluding carboxylic acids is 1. The van der Waals surface area contributed by atoms with E-state index >= 15 is 0 Å². The summed E-state index contributed by atoms with van der Waals surface area (Å²) >= 11 is 0. The molecular formula is C12H14N4O4S. The first-order valence-corrected chi connectivity index (χ1v) is 8.10. The van der Waals surface area contributed by atoms with Gasteiger partial charge in [-0.15, -0.1) is 0 Å². The third kappa shape index (κ3) is 2.97. The molecule has 0 atom stereocenters. The largest absolute Gasteiger partial charge is 0.468 e. The molecule has 1 aliphatic heterocycles. The van der Waals surface area contributed by atoms with Crippen LogP contribution < -0.4 is 0 Å². The zero-order valence-electron chi connectivity index (χ0n) is 11.1. The fraction of sp³-hybridized carbons (Fsp3) is 0.417. The van der Waals surface area contributed by atoms with Crippen molar-refractivity contribution in [2.45, 2.75) is 17.5 Å². The summed E-state index contributed by atoms with van der Waals surface area (Å²) in [5, 5.41) is 3.32. The highest BCUT2D eigenvalue weighted by atomic mass is 32.2. The van der Waals surface area contributed by atoms with Crippen molar-refractivity contribution in [3.63, 3.8) is 0 Å². The minimum absolute atomic E-state index is 0.0744. The molecule has 9 heteroatoms. The van der Waals surface area contributed by atoms with Gasteiger partial charge in [-0.25, -0.2) is 18.1 Å². The number of rotatable bonds is 5. The standard InChI is InChI=1S/C12H14N4O4S/c17-12(6-16-9-13-8-14-16)15-4-11(5-15)21(18,19)7-10-2-1-3-20-10/h1-3,8-9,11H,4-7H2. The summed E-state index contributed by atoms with van der Waals surface area (Å²) in [5.74, 6) is 0.128. The molecule has 0 aliphatic carbocycles. The van der Waals surface area contributed by atoms with Crippen molar-refractivity contribution in [3.05, 3.63) is 36.8 Å². The molecule has 0 saturated carbocycles. The van der Waals surface area contributed by atoms with Crippen molar-refractivity contribution in [1.82, 2.24) is 19.7 Å². The quantitative estimate of drug-likeness (QED) is 0.752. The Kier molecular flexibility index (Phi) is 3.50. The molecule has 3 rings (SSSR count). The highest BCUT2D eigenvalue weighted by Gasteiger charge is 2.39. The Morgan fingerprint density at radius 3 is 2.86 bits per heavy atom. The van der Waals surface area contributed by atoms with E-state index in [9.17, 15) is 13.2 Å². The van der Waals surface area contributed by atoms with Gasteiger partial charge >= 0.3 is 0 Å². The average molecular weight is 310 g/mol. The summed E-state index contributed by atoms with van der Waals surface area (Å²) in [6.07, 6.45) is 4.24. The second kappa shape index (κ2) is 5.32. The number of nitrogens with zero attached hydrogens (tertiary/aromatic N) is 4. The van der Waals surface area contributed by atoms with Crippen molar-refractivity contribution in [1.29, 1.82) is 0 Å². The number of aromatic nitrogens is 3. The van der Waals surface area contributed by atoms with Gasteiger partial charge in [-0.1, -0.05) is 0 Å². The summed E-state index contributed by atoms with van der Waals surface area (Å²) in [5.41, 5.74) is 0. The van der Waals surface area contributed by atoms with Crippen LogP contribution in [0.3, 0.4) is 0 Å². The first-order valence-electron chi connectivity index (χ1n) is 6.39. The molecule has 0 N–H and O–H groups in total. The average Bonchev–Trinajstić information content (AvgIpc) is 2.99. The van der Waals surface area contributed by atoms with Crippen molar-refractivity contribution >= 4 is 15.7 Å². The molecule has 2 aromatic rings. The van der Waals surface area contributed by atoms with E-state index in [4.69, 9.17) is 4.42 Å². The minimum atomic E-state index is -3.30. The molecule has 0 radical (unpaired) electrons. The Labute approximate surface area is 121 Å². The van der Waals surface area contributed by atoms with Crippen molar-refractivity contribution in [2.24, 2.45) is 0 Å². The number of amides is 1. The van der Waals surface area contributed by atoms with E-state index in [-0.39, 0.29) is 31.3 Å². The lowest BCUT2D eigenvalue weighted by molar-refractivity contribution is -0.135. The maximum atomic E-state index is 12.1. The van der Waals surface area contributed by atoms with Gasteiger partial charge in [-0.3, -0.25) is 4.79 Å². The van der Waals surface area contributed by atoms with Gasteiger partial charge in [0.05, 0.1) is 11.5 Å². The summed E-state index contributed by atoms with van der Waals surface area (Å²) < 4.78 is 30.7. The first kappa shape index (κ1) is 13.8. The topological polar surface area (TPSA) is 98.3 Å².